The summed E-state index contributed by atoms with van der Waals surface area (Å²) in [6.07, 6.45) is 5.27. The molecule has 0 saturated heterocycles. The fraction of sp³-hybridized carbons (Fsp3) is 0.0667. The van der Waals surface area contributed by atoms with Gasteiger partial charge in [-0.15, -0.1) is 0 Å². The molecule has 3 rings (SSSR count). The summed E-state index contributed by atoms with van der Waals surface area (Å²) in [5, 5.41) is 0. The molecule has 2 aromatic heterocycles. The van der Waals surface area contributed by atoms with Crippen LogP contribution in [0.3, 0.4) is 0 Å². The molecule has 0 saturated carbocycles. The van der Waals surface area contributed by atoms with Gasteiger partial charge in [-0.25, -0.2) is 4.98 Å². The molecule has 2 heterocycles. The van der Waals surface area contributed by atoms with Crippen LogP contribution in [-0.4, -0.2) is 14.5 Å². The Morgan fingerprint density at radius 2 is 1.89 bits per heavy atom. The van der Waals surface area contributed by atoms with Crippen molar-refractivity contribution in [1.82, 2.24) is 14.5 Å². The lowest BCUT2D eigenvalue weighted by molar-refractivity contribution is 0.808. The Hall–Kier alpha value is -2.62. The Labute approximate surface area is 111 Å². The van der Waals surface area contributed by atoms with E-state index in [-0.39, 0.29) is 0 Å². The summed E-state index contributed by atoms with van der Waals surface area (Å²) in [6, 6.07) is 14.0. The minimum Gasteiger partial charge on any atom is -0.383 e. The second-order valence-electron chi connectivity index (χ2n) is 4.33. The van der Waals surface area contributed by atoms with Gasteiger partial charge in [0.2, 0.25) is 0 Å². The summed E-state index contributed by atoms with van der Waals surface area (Å²) in [5.41, 5.74) is 9.07. The molecule has 0 spiro atoms. The highest BCUT2D eigenvalue weighted by Crippen LogP contribution is 2.23. The molecule has 0 bridgehead atoms. The number of nitrogens with zero attached hydrogens (tertiary/aromatic N) is 3. The van der Waals surface area contributed by atoms with Gasteiger partial charge in [0.05, 0.1) is 12.9 Å². The zero-order chi connectivity index (χ0) is 13.1. The molecule has 19 heavy (non-hydrogen) atoms. The Morgan fingerprint density at radius 1 is 1.05 bits per heavy atom. The lowest BCUT2D eigenvalue weighted by Gasteiger charge is -2.05. The minimum atomic E-state index is 0.664. The van der Waals surface area contributed by atoms with Gasteiger partial charge in [0.25, 0.3) is 0 Å². The molecule has 0 unspecified atom stereocenters. The maximum Gasteiger partial charge on any atom is 0.131 e. The van der Waals surface area contributed by atoms with E-state index in [1.807, 2.05) is 34.9 Å². The second kappa shape index (κ2) is 4.94. The highest BCUT2D eigenvalue weighted by atomic mass is 15.1. The van der Waals surface area contributed by atoms with E-state index in [9.17, 15) is 0 Å². The maximum absolute atomic E-state index is 6.16. The number of imidazole rings is 1. The lowest BCUT2D eigenvalue weighted by Crippen LogP contribution is -2.03. The number of anilines is 1. The first-order valence-electron chi connectivity index (χ1n) is 6.09. The van der Waals surface area contributed by atoms with Crippen molar-refractivity contribution in [3.8, 4) is 11.3 Å². The first-order valence-corrected chi connectivity index (χ1v) is 6.09. The fourth-order valence-electron chi connectivity index (χ4n) is 2.02. The van der Waals surface area contributed by atoms with Gasteiger partial charge < -0.3 is 10.3 Å². The van der Waals surface area contributed by atoms with Crippen molar-refractivity contribution >= 4 is 5.82 Å². The molecule has 2 N–H and O–H groups in total. The summed E-state index contributed by atoms with van der Waals surface area (Å²) >= 11 is 0. The van der Waals surface area contributed by atoms with Crippen LogP contribution in [0.1, 0.15) is 5.56 Å². The topological polar surface area (TPSA) is 56.7 Å². The first kappa shape index (κ1) is 11.5. The molecule has 0 radical (unpaired) electrons. The fourth-order valence-corrected chi connectivity index (χ4v) is 2.02. The average molecular weight is 250 g/mol. The number of benzene rings is 1. The molecular formula is C15H14N4. The molecular weight excluding hydrogens is 236 g/mol. The van der Waals surface area contributed by atoms with Crippen molar-refractivity contribution in [3.63, 3.8) is 0 Å². The van der Waals surface area contributed by atoms with Crippen molar-refractivity contribution in [3.05, 3.63) is 66.7 Å². The zero-order valence-electron chi connectivity index (χ0n) is 10.4. The van der Waals surface area contributed by atoms with Crippen LogP contribution in [0.25, 0.3) is 11.3 Å². The molecule has 0 atom stereocenters. The third-order valence-electron chi connectivity index (χ3n) is 3.01. The first-order chi connectivity index (χ1) is 9.34. The van der Waals surface area contributed by atoms with Gasteiger partial charge in [-0.05, 0) is 17.7 Å². The number of aromatic nitrogens is 3. The highest BCUT2D eigenvalue weighted by molar-refractivity contribution is 5.69. The molecule has 0 fully saturated rings. The normalized spacial score (nSPS) is 10.5. The van der Waals surface area contributed by atoms with Crippen molar-refractivity contribution in [2.75, 3.05) is 5.73 Å². The lowest BCUT2D eigenvalue weighted by atomic mass is 10.2. The van der Waals surface area contributed by atoms with Crippen LogP contribution in [0.4, 0.5) is 5.82 Å². The molecule has 3 aromatic rings. The number of nitrogen functional groups attached to an aromatic ring is 1. The van der Waals surface area contributed by atoms with E-state index in [1.54, 1.807) is 18.7 Å². The van der Waals surface area contributed by atoms with Gasteiger partial charge in [0.15, 0.2) is 0 Å². The van der Waals surface area contributed by atoms with Crippen molar-refractivity contribution in [2.45, 2.75) is 6.54 Å². The van der Waals surface area contributed by atoms with Gasteiger partial charge in [0.1, 0.15) is 11.5 Å². The highest BCUT2D eigenvalue weighted by Gasteiger charge is 2.09. The quantitative estimate of drug-likeness (QED) is 0.777. The van der Waals surface area contributed by atoms with E-state index in [0.717, 1.165) is 17.8 Å². The minimum absolute atomic E-state index is 0.664. The summed E-state index contributed by atoms with van der Waals surface area (Å²) in [7, 11) is 0. The monoisotopic (exact) mass is 250 g/mol. The summed E-state index contributed by atoms with van der Waals surface area (Å²) < 4.78 is 1.94. The summed E-state index contributed by atoms with van der Waals surface area (Å²) in [6.45, 7) is 0.722. The maximum atomic E-state index is 6.16. The van der Waals surface area contributed by atoms with Gasteiger partial charge >= 0.3 is 0 Å². The number of nitrogens with two attached hydrogens (primary N) is 1. The molecule has 0 amide bonds. The van der Waals surface area contributed by atoms with Crippen LogP contribution in [0, 0.1) is 0 Å². The van der Waals surface area contributed by atoms with E-state index in [4.69, 9.17) is 5.73 Å². The predicted molar refractivity (Wildman–Crippen MR) is 75.4 cm³/mol. The molecule has 0 aliphatic rings. The number of hydrogen-bond donors (Lipinski definition) is 1. The number of pyridine rings is 1. The van der Waals surface area contributed by atoms with Crippen LogP contribution >= 0.6 is 0 Å². The smallest absolute Gasteiger partial charge is 0.131 e. The summed E-state index contributed by atoms with van der Waals surface area (Å²) in [4.78, 5) is 8.47. The van der Waals surface area contributed by atoms with Crippen LogP contribution in [-0.2, 0) is 6.54 Å². The molecule has 94 valence electrons. The Morgan fingerprint density at radius 3 is 2.63 bits per heavy atom. The third-order valence-corrected chi connectivity index (χ3v) is 3.01. The molecule has 4 nitrogen and oxygen atoms in total. The van der Waals surface area contributed by atoms with Gasteiger partial charge in [-0.2, -0.15) is 0 Å². The van der Waals surface area contributed by atoms with Crippen molar-refractivity contribution in [1.29, 1.82) is 0 Å². The van der Waals surface area contributed by atoms with E-state index < -0.39 is 0 Å². The Bertz CT molecular complexity index is 659. The van der Waals surface area contributed by atoms with Gasteiger partial charge in [-0.1, -0.05) is 30.3 Å². The van der Waals surface area contributed by atoms with Crippen molar-refractivity contribution in [2.24, 2.45) is 0 Å². The van der Waals surface area contributed by atoms with E-state index in [0.29, 0.717) is 5.82 Å². The van der Waals surface area contributed by atoms with Crippen LogP contribution in [0.15, 0.2) is 61.2 Å². The molecule has 4 heteroatoms. The Kier molecular flexibility index (Phi) is 2.98. The van der Waals surface area contributed by atoms with Crippen molar-refractivity contribution < 1.29 is 0 Å². The molecule has 1 aromatic carbocycles. The predicted octanol–water partition coefficient (Wildman–Crippen LogP) is 2.58. The SMILES string of the molecule is Nc1c(-c2cccnc2)ncn1Cc1ccccc1. The number of hydrogen-bond acceptors (Lipinski definition) is 3. The summed E-state index contributed by atoms with van der Waals surface area (Å²) in [5.74, 6) is 0.664. The third kappa shape index (κ3) is 2.33. The largest absolute Gasteiger partial charge is 0.383 e. The van der Waals surface area contributed by atoms with Crippen LogP contribution < -0.4 is 5.73 Å². The molecule has 0 aliphatic heterocycles. The average Bonchev–Trinajstić information content (AvgIpc) is 2.82. The Balaban J connectivity index is 1.92. The van der Waals surface area contributed by atoms with E-state index in [2.05, 4.69) is 22.1 Å². The van der Waals surface area contributed by atoms with Gasteiger partial charge in [-0.3, -0.25) is 4.98 Å². The molecule has 0 aliphatic carbocycles. The van der Waals surface area contributed by atoms with Gasteiger partial charge in [0, 0.05) is 18.0 Å². The van der Waals surface area contributed by atoms with Crippen LogP contribution in [0.5, 0.6) is 0 Å². The van der Waals surface area contributed by atoms with E-state index >= 15 is 0 Å². The number of rotatable bonds is 3. The van der Waals surface area contributed by atoms with Crippen LogP contribution in [0.2, 0.25) is 0 Å². The zero-order valence-corrected chi connectivity index (χ0v) is 10.4. The van der Waals surface area contributed by atoms with E-state index in [1.165, 1.54) is 5.56 Å². The second-order valence-corrected chi connectivity index (χ2v) is 4.33. The standard InChI is InChI=1S/C15H14N4/c16-15-14(13-7-4-8-17-9-13)18-11-19(15)10-12-5-2-1-3-6-12/h1-9,11H,10,16H2.